The number of nitrogens with two attached hydrogens (primary N) is 1. The Balaban J connectivity index is 1.06. The Morgan fingerprint density at radius 2 is 1.85 bits per heavy atom. The van der Waals surface area contributed by atoms with Crippen molar-refractivity contribution in [1.82, 2.24) is 14.9 Å². The summed E-state index contributed by atoms with van der Waals surface area (Å²) in [6, 6.07) is 14.0. The predicted molar refractivity (Wildman–Crippen MR) is 158 cm³/mol. The van der Waals surface area contributed by atoms with Crippen molar-refractivity contribution >= 4 is 23.4 Å². The van der Waals surface area contributed by atoms with Gasteiger partial charge < -0.3 is 24.8 Å². The van der Waals surface area contributed by atoms with Crippen LogP contribution in [0.25, 0.3) is 11.3 Å². The van der Waals surface area contributed by atoms with Gasteiger partial charge in [0.2, 0.25) is 5.95 Å². The lowest BCUT2D eigenvalue weighted by molar-refractivity contribution is -0.0136. The van der Waals surface area contributed by atoms with Crippen LogP contribution in [0.5, 0.6) is 5.75 Å². The fourth-order valence-corrected chi connectivity index (χ4v) is 6.03. The summed E-state index contributed by atoms with van der Waals surface area (Å²) in [7, 11) is 0. The lowest BCUT2D eigenvalue weighted by atomic mass is 9.88. The van der Waals surface area contributed by atoms with Crippen molar-refractivity contribution in [2.24, 2.45) is 0 Å². The Morgan fingerprint density at radius 3 is 2.62 bits per heavy atom. The van der Waals surface area contributed by atoms with Crippen molar-refractivity contribution in [2.75, 3.05) is 56.6 Å². The van der Waals surface area contributed by atoms with Crippen LogP contribution in [0, 0.1) is 0 Å². The van der Waals surface area contributed by atoms with E-state index < -0.39 is 0 Å². The molecule has 3 aromatic rings. The Bertz CT molecular complexity index is 1310. The van der Waals surface area contributed by atoms with Gasteiger partial charge in [0.05, 0.1) is 31.1 Å². The van der Waals surface area contributed by atoms with E-state index in [0.717, 1.165) is 98.4 Å². The fourth-order valence-electron chi connectivity index (χ4n) is 5.91. The van der Waals surface area contributed by atoms with Crippen LogP contribution in [-0.2, 0) is 28.9 Å². The maximum Gasteiger partial charge on any atom is 0.222 e. The van der Waals surface area contributed by atoms with E-state index in [1.165, 1.54) is 11.1 Å². The van der Waals surface area contributed by atoms with Crippen molar-refractivity contribution in [3.8, 4) is 17.0 Å². The van der Waals surface area contributed by atoms with Crippen LogP contribution < -0.4 is 15.4 Å². The number of piperazine rings is 1. The average molecular weight is 564 g/mol. The first kappa shape index (κ1) is 27.3. The van der Waals surface area contributed by atoms with Gasteiger partial charge >= 0.3 is 0 Å². The molecule has 3 heterocycles. The highest BCUT2D eigenvalue weighted by Crippen LogP contribution is 2.38. The van der Waals surface area contributed by atoms with E-state index in [1.807, 2.05) is 30.3 Å². The number of anilines is 2. The summed E-state index contributed by atoms with van der Waals surface area (Å²) in [4.78, 5) is 14.3. The Labute approximate surface area is 241 Å². The second-order valence-electron chi connectivity index (χ2n) is 11.0. The van der Waals surface area contributed by atoms with Crippen molar-refractivity contribution in [3.63, 3.8) is 0 Å². The number of hydrogen-bond donors (Lipinski definition) is 1. The lowest BCUT2D eigenvalue weighted by Gasteiger charge is -2.37. The summed E-state index contributed by atoms with van der Waals surface area (Å²) in [5, 5.41) is 0.726. The SMILES string of the molecule is CC1CCC(COCCN2CCN(c3nc(N)nc4c3CCc3cc(OCc5ccc(Cl)cc5)ccc3-4)CC2)O1. The summed E-state index contributed by atoms with van der Waals surface area (Å²) in [5.74, 6) is 2.16. The molecule has 1 aliphatic carbocycles. The zero-order valence-electron chi connectivity index (χ0n) is 23.2. The van der Waals surface area contributed by atoms with E-state index in [-0.39, 0.29) is 6.10 Å². The van der Waals surface area contributed by atoms with E-state index in [1.54, 1.807) is 0 Å². The smallest absolute Gasteiger partial charge is 0.222 e. The summed E-state index contributed by atoms with van der Waals surface area (Å²) in [6.45, 7) is 8.80. The van der Waals surface area contributed by atoms with Crippen LogP contribution in [0.15, 0.2) is 42.5 Å². The zero-order chi connectivity index (χ0) is 27.5. The molecule has 0 spiro atoms. The molecule has 3 aliphatic rings. The second-order valence-corrected chi connectivity index (χ2v) is 11.5. The molecule has 2 N–H and O–H groups in total. The van der Waals surface area contributed by atoms with Crippen LogP contribution in [0.2, 0.25) is 5.02 Å². The number of hydrogen-bond acceptors (Lipinski definition) is 8. The fraction of sp³-hybridized carbons (Fsp3) is 0.484. The summed E-state index contributed by atoms with van der Waals surface area (Å²) in [5.41, 5.74) is 11.8. The summed E-state index contributed by atoms with van der Waals surface area (Å²) < 4.78 is 17.9. The molecule has 2 saturated heterocycles. The van der Waals surface area contributed by atoms with E-state index in [0.29, 0.717) is 25.3 Å². The molecule has 2 aliphatic heterocycles. The first-order chi connectivity index (χ1) is 19.5. The number of halogens is 1. The molecule has 1 aromatic heterocycles. The molecule has 0 radical (unpaired) electrons. The molecule has 2 atom stereocenters. The Kier molecular flexibility index (Phi) is 8.39. The zero-order valence-corrected chi connectivity index (χ0v) is 23.9. The molecule has 2 fully saturated rings. The average Bonchev–Trinajstić information content (AvgIpc) is 3.39. The van der Waals surface area contributed by atoms with Crippen LogP contribution in [0.1, 0.15) is 36.5 Å². The molecule has 0 saturated carbocycles. The second kappa shape index (κ2) is 12.3. The Morgan fingerprint density at radius 1 is 1.02 bits per heavy atom. The van der Waals surface area contributed by atoms with Gasteiger partial charge in [0.15, 0.2) is 0 Å². The van der Waals surface area contributed by atoms with Gasteiger partial charge in [-0.25, -0.2) is 4.98 Å². The standard InChI is InChI=1S/C31H38ClN5O3/c1-21-2-8-26(40-21)20-38-17-16-36-12-14-37(15-13-36)30-28-10-5-23-18-25(39-19-22-3-6-24(32)7-4-22)9-11-27(23)29(28)34-31(33)35-30/h3-4,6-7,9,11,18,21,26H,2,5,8,10,12-17,19-20H2,1H3,(H2,33,34,35). The summed E-state index contributed by atoms with van der Waals surface area (Å²) in [6.07, 6.45) is 4.68. The Hall–Kier alpha value is -2.91. The van der Waals surface area contributed by atoms with Gasteiger partial charge in [-0.2, -0.15) is 4.98 Å². The molecule has 0 amide bonds. The topological polar surface area (TPSA) is 86.0 Å². The number of nitrogens with zero attached hydrogens (tertiary/aromatic N) is 4. The highest BCUT2D eigenvalue weighted by atomic mass is 35.5. The van der Waals surface area contributed by atoms with Crippen molar-refractivity contribution < 1.29 is 14.2 Å². The molecule has 2 unspecified atom stereocenters. The maximum atomic E-state index is 6.25. The van der Waals surface area contributed by atoms with Gasteiger partial charge in [-0.1, -0.05) is 23.7 Å². The summed E-state index contributed by atoms with van der Waals surface area (Å²) >= 11 is 6.00. The van der Waals surface area contributed by atoms with Crippen LogP contribution in [-0.4, -0.2) is 73.0 Å². The number of nitrogen functional groups attached to an aromatic ring is 1. The van der Waals surface area contributed by atoms with Gasteiger partial charge in [0, 0.05) is 48.9 Å². The molecule has 212 valence electrons. The van der Waals surface area contributed by atoms with Crippen molar-refractivity contribution in [2.45, 2.75) is 51.4 Å². The molecule has 6 rings (SSSR count). The number of rotatable bonds is 9. The lowest BCUT2D eigenvalue weighted by Crippen LogP contribution is -2.48. The van der Waals surface area contributed by atoms with Crippen molar-refractivity contribution in [3.05, 3.63) is 64.2 Å². The molecule has 9 heteroatoms. The molecular weight excluding hydrogens is 526 g/mol. The third-order valence-corrected chi connectivity index (χ3v) is 8.40. The minimum atomic E-state index is 0.264. The molecule has 8 nitrogen and oxygen atoms in total. The number of aryl methyl sites for hydroxylation is 1. The number of fused-ring (bicyclic) bond motifs is 3. The van der Waals surface area contributed by atoms with Gasteiger partial charge in [0.1, 0.15) is 18.2 Å². The molecule has 0 bridgehead atoms. The first-order valence-electron chi connectivity index (χ1n) is 14.4. The van der Waals surface area contributed by atoms with Gasteiger partial charge in [-0.3, -0.25) is 4.90 Å². The number of ether oxygens (including phenoxy) is 3. The largest absolute Gasteiger partial charge is 0.489 e. The third-order valence-electron chi connectivity index (χ3n) is 8.14. The highest BCUT2D eigenvalue weighted by Gasteiger charge is 2.27. The molecule has 40 heavy (non-hydrogen) atoms. The van der Waals surface area contributed by atoms with Crippen LogP contribution in [0.3, 0.4) is 0 Å². The maximum absolute atomic E-state index is 6.25. The van der Waals surface area contributed by atoms with Crippen molar-refractivity contribution in [1.29, 1.82) is 0 Å². The minimum absolute atomic E-state index is 0.264. The molecular formula is C31H38ClN5O3. The quantitative estimate of drug-likeness (QED) is 0.373. The van der Waals surface area contributed by atoms with E-state index in [9.17, 15) is 0 Å². The first-order valence-corrected chi connectivity index (χ1v) is 14.8. The normalized spacial score (nSPS) is 20.8. The monoisotopic (exact) mass is 563 g/mol. The minimum Gasteiger partial charge on any atom is -0.489 e. The third kappa shape index (κ3) is 6.36. The predicted octanol–water partition coefficient (Wildman–Crippen LogP) is 4.76. The van der Waals surface area contributed by atoms with Crippen LogP contribution >= 0.6 is 11.6 Å². The van der Waals surface area contributed by atoms with E-state index >= 15 is 0 Å². The number of benzene rings is 2. The van der Waals surface area contributed by atoms with E-state index in [2.05, 4.69) is 28.9 Å². The van der Waals surface area contributed by atoms with Gasteiger partial charge in [-0.15, -0.1) is 0 Å². The highest BCUT2D eigenvalue weighted by molar-refractivity contribution is 6.30. The van der Waals surface area contributed by atoms with Crippen LogP contribution in [0.4, 0.5) is 11.8 Å². The van der Waals surface area contributed by atoms with Gasteiger partial charge in [-0.05, 0) is 74.1 Å². The van der Waals surface area contributed by atoms with E-state index in [4.69, 9.17) is 41.5 Å². The molecule has 2 aromatic carbocycles. The number of aromatic nitrogens is 2. The van der Waals surface area contributed by atoms with Gasteiger partial charge in [0.25, 0.3) is 0 Å².